The van der Waals surface area contributed by atoms with Crippen LogP contribution in [0.25, 0.3) is 0 Å². The van der Waals surface area contributed by atoms with E-state index >= 15 is 0 Å². The highest BCUT2D eigenvalue weighted by atomic mass is 16.4. The predicted molar refractivity (Wildman–Crippen MR) is 132 cm³/mol. The third-order valence-corrected chi connectivity index (χ3v) is 12.0. The Bertz CT molecular complexity index is 770. The maximum Gasteiger partial charge on any atom is 0.109 e. The van der Waals surface area contributed by atoms with Crippen molar-refractivity contribution >= 4 is 0 Å². The molecule has 0 amide bonds. The zero-order valence-electron chi connectivity index (χ0n) is 22.3. The number of hydrogen-bond acceptors (Lipinski definition) is 7. The van der Waals surface area contributed by atoms with Crippen molar-refractivity contribution in [1.29, 1.82) is 0 Å². The Morgan fingerprint density at radius 1 is 0.886 bits per heavy atom. The number of aliphatic hydroxyl groups is 7. The molecule has 7 nitrogen and oxygen atoms in total. The number of aliphatic hydroxyl groups excluding tert-OH is 5. The molecule has 0 heterocycles. The molecule has 204 valence electrons. The van der Waals surface area contributed by atoms with Gasteiger partial charge in [-0.3, -0.25) is 0 Å². The van der Waals surface area contributed by atoms with E-state index in [1.807, 2.05) is 0 Å². The van der Waals surface area contributed by atoms with Gasteiger partial charge in [-0.2, -0.15) is 0 Å². The molecule has 0 aromatic rings. The second-order valence-electron chi connectivity index (χ2n) is 13.9. The van der Waals surface area contributed by atoms with E-state index in [1.165, 1.54) is 13.8 Å². The average Bonchev–Trinajstić information content (AvgIpc) is 3.08. The minimum absolute atomic E-state index is 0.187. The summed E-state index contributed by atoms with van der Waals surface area (Å²) in [6.45, 7) is 8.43. The second-order valence-corrected chi connectivity index (χ2v) is 13.9. The molecule has 0 aromatic carbocycles. The topological polar surface area (TPSA) is 142 Å². The van der Waals surface area contributed by atoms with Crippen LogP contribution in [0.1, 0.15) is 86.0 Å². The molecule has 4 fully saturated rings. The van der Waals surface area contributed by atoms with Crippen molar-refractivity contribution in [2.75, 3.05) is 6.61 Å². The lowest BCUT2D eigenvalue weighted by molar-refractivity contribution is -0.211. The zero-order valence-corrected chi connectivity index (χ0v) is 22.3. The van der Waals surface area contributed by atoms with Gasteiger partial charge in [0.15, 0.2) is 0 Å². The molecule has 0 radical (unpaired) electrons. The van der Waals surface area contributed by atoms with Crippen LogP contribution in [0.15, 0.2) is 0 Å². The number of rotatable bonds is 6. The summed E-state index contributed by atoms with van der Waals surface area (Å²) in [6.07, 6.45) is 3.34. The minimum Gasteiger partial charge on any atom is -0.393 e. The third kappa shape index (κ3) is 4.21. The van der Waals surface area contributed by atoms with E-state index in [-0.39, 0.29) is 22.9 Å². The first-order valence-corrected chi connectivity index (χ1v) is 13.9. The molecule has 0 spiro atoms. The lowest BCUT2D eigenvalue weighted by Gasteiger charge is -2.61. The van der Waals surface area contributed by atoms with E-state index in [0.717, 1.165) is 44.9 Å². The fourth-order valence-electron chi connectivity index (χ4n) is 9.62. The molecule has 6 unspecified atom stereocenters. The monoisotopic (exact) mass is 498 g/mol. The first-order chi connectivity index (χ1) is 16.1. The normalized spacial score (nSPS) is 49.5. The van der Waals surface area contributed by atoms with Crippen molar-refractivity contribution in [2.45, 2.75) is 122 Å². The van der Waals surface area contributed by atoms with E-state index in [0.29, 0.717) is 24.2 Å². The van der Waals surface area contributed by atoms with Crippen molar-refractivity contribution in [3.63, 3.8) is 0 Å². The molecular weight excluding hydrogens is 448 g/mol. The van der Waals surface area contributed by atoms with Crippen LogP contribution in [0.5, 0.6) is 0 Å². The van der Waals surface area contributed by atoms with Gasteiger partial charge in [0.05, 0.1) is 36.1 Å². The van der Waals surface area contributed by atoms with Gasteiger partial charge in [-0.05, 0) is 99.7 Å². The van der Waals surface area contributed by atoms with Crippen LogP contribution in [0, 0.1) is 46.3 Å². The van der Waals surface area contributed by atoms with Crippen molar-refractivity contribution in [1.82, 2.24) is 0 Å². The Balaban J connectivity index is 1.59. The van der Waals surface area contributed by atoms with E-state index in [1.54, 1.807) is 6.92 Å². The van der Waals surface area contributed by atoms with Crippen molar-refractivity contribution in [3.8, 4) is 0 Å². The molecule has 4 saturated carbocycles. The summed E-state index contributed by atoms with van der Waals surface area (Å²) in [5, 5.41) is 75.4. The molecule has 4 rings (SSSR count). The van der Waals surface area contributed by atoms with Gasteiger partial charge in [0.2, 0.25) is 0 Å². The summed E-state index contributed by atoms with van der Waals surface area (Å²) in [4.78, 5) is 0. The second kappa shape index (κ2) is 9.18. The Kier molecular flexibility index (Phi) is 7.28. The van der Waals surface area contributed by atoms with Crippen LogP contribution < -0.4 is 0 Å². The zero-order chi connectivity index (χ0) is 26.1. The fourth-order valence-corrected chi connectivity index (χ4v) is 9.62. The summed E-state index contributed by atoms with van der Waals surface area (Å²) in [5.41, 5.74) is -3.57. The summed E-state index contributed by atoms with van der Waals surface area (Å²) in [5.74, 6) is 0.244. The largest absolute Gasteiger partial charge is 0.393 e. The minimum atomic E-state index is -1.77. The number of fused-ring (bicyclic) bond motifs is 5. The molecule has 0 saturated heterocycles. The molecular formula is C28H50O7. The Morgan fingerprint density at radius 3 is 2.14 bits per heavy atom. The van der Waals surface area contributed by atoms with E-state index in [9.17, 15) is 35.7 Å². The molecule has 7 N–H and O–H groups in total. The summed E-state index contributed by atoms with van der Waals surface area (Å²) in [6, 6.07) is 0. The van der Waals surface area contributed by atoms with Gasteiger partial charge in [-0.25, -0.2) is 0 Å². The quantitative estimate of drug-likeness (QED) is 0.296. The van der Waals surface area contributed by atoms with Crippen LogP contribution in [-0.2, 0) is 0 Å². The highest BCUT2D eigenvalue weighted by Crippen LogP contribution is 2.68. The Hall–Kier alpha value is -0.280. The summed E-state index contributed by atoms with van der Waals surface area (Å²) < 4.78 is 0. The maximum absolute atomic E-state index is 11.7. The molecule has 35 heavy (non-hydrogen) atoms. The van der Waals surface area contributed by atoms with Crippen LogP contribution in [-0.4, -0.2) is 78.0 Å². The maximum atomic E-state index is 11.7. The van der Waals surface area contributed by atoms with Gasteiger partial charge in [-0.1, -0.05) is 20.8 Å². The highest BCUT2D eigenvalue weighted by Gasteiger charge is 2.66. The van der Waals surface area contributed by atoms with Crippen molar-refractivity contribution < 1.29 is 35.7 Å². The lowest BCUT2D eigenvalue weighted by Crippen LogP contribution is -2.62. The predicted octanol–water partition coefficient (Wildman–Crippen LogP) is 1.83. The van der Waals surface area contributed by atoms with Crippen LogP contribution in [0.2, 0.25) is 0 Å². The number of hydrogen-bond donors (Lipinski definition) is 7. The van der Waals surface area contributed by atoms with Gasteiger partial charge in [0.1, 0.15) is 6.10 Å². The molecule has 7 heteroatoms. The van der Waals surface area contributed by atoms with Gasteiger partial charge in [0.25, 0.3) is 0 Å². The first kappa shape index (κ1) is 27.7. The summed E-state index contributed by atoms with van der Waals surface area (Å²) in [7, 11) is 0. The molecule has 4 aliphatic rings. The molecule has 0 bridgehead atoms. The standard InChI is InChI=1S/C28H50O7/c1-15(27(4,34)14-29)22(32)24(33)28(5,35)23-21(31)13-20-18-7-6-16-12-17(30)8-10-25(16,2)19(18)9-11-26(20,23)3/h15-24,29-35H,6-14H2,1-5H3/t15-,16?,17?,18+,19-,20-,21?,22?,23-,24?,25-,26-,27?,28+/m0/s1. The highest BCUT2D eigenvalue weighted by molar-refractivity contribution is 5.15. The fraction of sp³-hybridized carbons (Fsp3) is 1.00. The SMILES string of the molecule is C[C@@H](C(O)C(O)[C@](C)(O)[C@H]1C(O)C[C@H]2[C@@H]3CCC4CC(O)CC[C@]4(C)[C@H]3CC[C@@]21C)C(C)(O)CO. The van der Waals surface area contributed by atoms with E-state index in [4.69, 9.17) is 0 Å². The summed E-state index contributed by atoms with van der Waals surface area (Å²) >= 11 is 0. The van der Waals surface area contributed by atoms with Gasteiger partial charge < -0.3 is 35.7 Å². The van der Waals surface area contributed by atoms with Crippen LogP contribution in [0.3, 0.4) is 0 Å². The van der Waals surface area contributed by atoms with Gasteiger partial charge in [0, 0.05) is 11.8 Å². The van der Waals surface area contributed by atoms with E-state index < -0.39 is 48.0 Å². The lowest BCUT2D eigenvalue weighted by atomic mass is 9.44. The smallest absolute Gasteiger partial charge is 0.109 e. The molecule has 4 aliphatic carbocycles. The van der Waals surface area contributed by atoms with Crippen molar-refractivity contribution in [2.24, 2.45) is 46.3 Å². The van der Waals surface area contributed by atoms with Crippen molar-refractivity contribution in [3.05, 3.63) is 0 Å². The molecule has 14 atom stereocenters. The van der Waals surface area contributed by atoms with E-state index in [2.05, 4.69) is 13.8 Å². The molecule has 0 aromatic heterocycles. The molecule has 0 aliphatic heterocycles. The van der Waals surface area contributed by atoms with Gasteiger partial charge in [-0.15, -0.1) is 0 Å². The third-order valence-electron chi connectivity index (χ3n) is 12.0. The van der Waals surface area contributed by atoms with Gasteiger partial charge >= 0.3 is 0 Å². The van der Waals surface area contributed by atoms with Crippen LogP contribution >= 0.6 is 0 Å². The Labute approximate surface area is 210 Å². The average molecular weight is 499 g/mol. The van der Waals surface area contributed by atoms with Crippen LogP contribution in [0.4, 0.5) is 0 Å². The first-order valence-electron chi connectivity index (χ1n) is 13.9. The Morgan fingerprint density at radius 2 is 1.51 bits per heavy atom.